The van der Waals surface area contributed by atoms with E-state index in [0.29, 0.717) is 39.8 Å². The van der Waals surface area contributed by atoms with Gasteiger partial charge in [0, 0.05) is 23.2 Å². The van der Waals surface area contributed by atoms with Crippen LogP contribution in [0.3, 0.4) is 0 Å². The first-order valence-corrected chi connectivity index (χ1v) is 12.2. The zero-order valence-electron chi connectivity index (χ0n) is 18.2. The Morgan fingerprint density at radius 2 is 1.94 bits per heavy atom. The lowest BCUT2D eigenvalue weighted by Crippen LogP contribution is -2.41. The normalized spacial score (nSPS) is 19.6. The molecule has 0 aliphatic heterocycles. The van der Waals surface area contributed by atoms with Gasteiger partial charge in [-0.05, 0) is 56.9 Å². The van der Waals surface area contributed by atoms with Gasteiger partial charge in [0.2, 0.25) is 5.91 Å². The minimum absolute atomic E-state index is 0.0278. The van der Waals surface area contributed by atoms with Crippen LogP contribution in [0.5, 0.6) is 0 Å². The fraction of sp³-hybridized carbons (Fsp3) is 0.545. The quantitative estimate of drug-likeness (QED) is 0.572. The summed E-state index contributed by atoms with van der Waals surface area (Å²) in [6.07, 6.45) is 4.65. The van der Waals surface area contributed by atoms with Crippen LogP contribution in [-0.2, 0) is 11.3 Å². The summed E-state index contributed by atoms with van der Waals surface area (Å²) in [5.41, 5.74) is 0.530. The monoisotopic (exact) mass is 463 g/mol. The molecule has 1 aromatic heterocycles. The van der Waals surface area contributed by atoms with E-state index in [-0.39, 0.29) is 23.9 Å². The number of nitrogens with zero attached hydrogens (tertiary/aromatic N) is 3. The number of carbonyl (C=O) groups excluding carboxylic acids is 2. The summed E-state index contributed by atoms with van der Waals surface area (Å²) in [6, 6.07) is 6.67. The Balaban J connectivity index is 1.58. The van der Waals surface area contributed by atoms with Crippen LogP contribution < -0.4 is 10.6 Å². The van der Waals surface area contributed by atoms with Crippen LogP contribution in [-0.4, -0.2) is 38.4 Å². The highest BCUT2D eigenvalue weighted by molar-refractivity contribution is 7.99. The Morgan fingerprint density at radius 3 is 2.61 bits per heavy atom. The van der Waals surface area contributed by atoms with E-state index in [2.05, 4.69) is 27.8 Å². The Hall–Kier alpha value is -2.06. The van der Waals surface area contributed by atoms with E-state index < -0.39 is 0 Å². The fourth-order valence-electron chi connectivity index (χ4n) is 3.88. The molecule has 1 fully saturated rings. The van der Waals surface area contributed by atoms with Crippen molar-refractivity contribution in [2.24, 2.45) is 5.92 Å². The molecule has 3 atom stereocenters. The molecule has 31 heavy (non-hydrogen) atoms. The molecule has 1 heterocycles. The number of nitrogens with one attached hydrogen (secondary N) is 2. The number of rotatable bonds is 8. The third kappa shape index (κ3) is 6.23. The molecule has 0 saturated heterocycles. The molecule has 1 aromatic carbocycles. The molecule has 1 saturated carbocycles. The molecule has 2 aromatic rings. The minimum Gasteiger partial charge on any atom is -0.352 e. The predicted molar refractivity (Wildman–Crippen MR) is 123 cm³/mol. The lowest BCUT2D eigenvalue weighted by atomic mass is 9.86. The van der Waals surface area contributed by atoms with Gasteiger partial charge in [-0.3, -0.25) is 9.59 Å². The van der Waals surface area contributed by atoms with E-state index >= 15 is 0 Å². The number of halogens is 1. The van der Waals surface area contributed by atoms with Gasteiger partial charge in [-0.1, -0.05) is 43.1 Å². The SMILES string of the molecule is CCn1c(SCC(=O)N[C@@H]2CCCC[C@@H]2C)nnc1[C@H](C)NC(=O)c1ccc(Cl)cc1. The summed E-state index contributed by atoms with van der Waals surface area (Å²) in [5.74, 6) is 1.31. The van der Waals surface area contributed by atoms with E-state index in [0.717, 1.165) is 6.42 Å². The second-order valence-electron chi connectivity index (χ2n) is 8.01. The van der Waals surface area contributed by atoms with E-state index in [1.807, 2.05) is 18.4 Å². The molecule has 2 amide bonds. The maximum Gasteiger partial charge on any atom is 0.251 e. The second-order valence-corrected chi connectivity index (χ2v) is 9.39. The van der Waals surface area contributed by atoms with Crippen molar-refractivity contribution in [3.63, 3.8) is 0 Å². The maximum atomic E-state index is 12.5. The maximum absolute atomic E-state index is 12.5. The third-order valence-corrected chi connectivity index (χ3v) is 6.91. The van der Waals surface area contributed by atoms with E-state index in [4.69, 9.17) is 11.6 Å². The van der Waals surface area contributed by atoms with Gasteiger partial charge in [0.05, 0.1) is 11.8 Å². The van der Waals surface area contributed by atoms with Crippen molar-refractivity contribution in [3.8, 4) is 0 Å². The smallest absolute Gasteiger partial charge is 0.251 e. The van der Waals surface area contributed by atoms with Crippen LogP contribution in [0.25, 0.3) is 0 Å². The van der Waals surface area contributed by atoms with Crippen LogP contribution in [0.1, 0.15) is 68.7 Å². The van der Waals surface area contributed by atoms with Gasteiger partial charge in [-0.15, -0.1) is 10.2 Å². The highest BCUT2D eigenvalue weighted by Crippen LogP contribution is 2.25. The second kappa shape index (κ2) is 11.0. The lowest BCUT2D eigenvalue weighted by molar-refractivity contribution is -0.119. The van der Waals surface area contributed by atoms with Crippen molar-refractivity contribution in [3.05, 3.63) is 40.7 Å². The Labute approximate surface area is 192 Å². The molecule has 1 aliphatic carbocycles. The Bertz CT molecular complexity index is 902. The molecule has 7 nitrogen and oxygen atoms in total. The summed E-state index contributed by atoms with van der Waals surface area (Å²) in [5, 5.41) is 15.9. The van der Waals surface area contributed by atoms with Crippen LogP contribution in [0, 0.1) is 5.92 Å². The summed E-state index contributed by atoms with van der Waals surface area (Å²) >= 11 is 7.26. The van der Waals surface area contributed by atoms with Crippen LogP contribution >= 0.6 is 23.4 Å². The predicted octanol–water partition coefficient (Wildman–Crippen LogP) is 4.23. The van der Waals surface area contributed by atoms with E-state index in [9.17, 15) is 9.59 Å². The highest BCUT2D eigenvalue weighted by atomic mass is 35.5. The Kier molecular flexibility index (Phi) is 8.37. The van der Waals surface area contributed by atoms with Gasteiger partial charge in [-0.25, -0.2) is 0 Å². The molecule has 1 aliphatic rings. The molecule has 0 unspecified atom stereocenters. The van der Waals surface area contributed by atoms with Gasteiger partial charge >= 0.3 is 0 Å². The van der Waals surface area contributed by atoms with Crippen molar-refractivity contribution in [1.29, 1.82) is 0 Å². The highest BCUT2D eigenvalue weighted by Gasteiger charge is 2.24. The number of carbonyl (C=O) groups is 2. The van der Waals surface area contributed by atoms with Crippen LogP contribution in [0.2, 0.25) is 5.02 Å². The summed E-state index contributed by atoms with van der Waals surface area (Å²) < 4.78 is 1.94. The lowest BCUT2D eigenvalue weighted by Gasteiger charge is -2.29. The standard InChI is InChI=1S/C22H30ClN5O2S/c1-4-28-20(15(3)24-21(30)16-9-11-17(23)12-10-16)26-27-22(28)31-13-19(29)25-18-8-6-5-7-14(18)2/h9-12,14-15,18H,4-8,13H2,1-3H3,(H,24,30)(H,25,29)/t14-,15-,18+/m0/s1. The molecule has 168 valence electrons. The van der Waals surface area contributed by atoms with Crippen molar-refractivity contribution < 1.29 is 9.59 Å². The number of hydrogen-bond acceptors (Lipinski definition) is 5. The third-order valence-electron chi connectivity index (χ3n) is 5.69. The molecule has 9 heteroatoms. The number of amides is 2. The zero-order chi connectivity index (χ0) is 22.4. The van der Waals surface area contributed by atoms with Gasteiger partial charge in [0.25, 0.3) is 5.91 Å². The minimum atomic E-state index is -0.332. The molecule has 3 rings (SSSR count). The number of thioether (sulfide) groups is 1. The fourth-order valence-corrected chi connectivity index (χ4v) is 4.83. The van der Waals surface area contributed by atoms with Gasteiger partial charge in [0.1, 0.15) is 0 Å². The van der Waals surface area contributed by atoms with Crippen molar-refractivity contribution in [1.82, 2.24) is 25.4 Å². The van der Waals surface area contributed by atoms with Crippen LogP contribution in [0.4, 0.5) is 0 Å². The first-order chi connectivity index (χ1) is 14.9. The number of benzene rings is 1. The molecule has 0 bridgehead atoms. The first kappa shape index (κ1) is 23.6. The zero-order valence-corrected chi connectivity index (χ0v) is 19.8. The van der Waals surface area contributed by atoms with Crippen molar-refractivity contribution in [2.45, 2.75) is 70.2 Å². The molecule has 0 spiro atoms. The number of hydrogen-bond donors (Lipinski definition) is 2. The average molecular weight is 464 g/mol. The molecular formula is C22H30ClN5O2S. The molecule has 0 radical (unpaired) electrons. The Morgan fingerprint density at radius 1 is 1.23 bits per heavy atom. The first-order valence-electron chi connectivity index (χ1n) is 10.8. The van der Waals surface area contributed by atoms with Gasteiger partial charge in [0.15, 0.2) is 11.0 Å². The average Bonchev–Trinajstić information content (AvgIpc) is 3.17. The van der Waals surface area contributed by atoms with Crippen molar-refractivity contribution >= 4 is 35.2 Å². The summed E-state index contributed by atoms with van der Waals surface area (Å²) in [4.78, 5) is 24.9. The van der Waals surface area contributed by atoms with E-state index in [1.165, 1.54) is 31.0 Å². The number of aromatic nitrogens is 3. The van der Waals surface area contributed by atoms with Gasteiger partial charge < -0.3 is 15.2 Å². The topological polar surface area (TPSA) is 88.9 Å². The summed E-state index contributed by atoms with van der Waals surface area (Å²) in [7, 11) is 0. The van der Waals surface area contributed by atoms with Gasteiger partial charge in [-0.2, -0.15) is 0 Å². The molecule has 2 N–H and O–H groups in total. The summed E-state index contributed by atoms with van der Waals surface area (Å²) in [6.45, 7) is 6.72. The van der Waals surface area contributed by atoms with Crippen LogP contribution in [0.15, 0.2) is 29.4 Å². The van der Waals surface area contributed by atoms with E-state index in [1.54, 1.807) is 24.3 Å². The largest absolute Gasteiger partial charge is 0.352 e. The molecular weight excluding hydrogens is 434 g/mol. The van der Waals surface area contributed by atoms with Crippen molar-refractivity contribution in [2.75, 3.05) is 5.75 Å².